The molecule has 1 saturated heterocycles. The summed E-state index contributed by atoms with van der Waals surface area (Å²) < 4.78 is 4.88. The Morgan fingerprint density at radius 1 is 1.14 bits per heavy atom. The van der Waals surface area contributed by atoms with Gasteiger partial charge in [0.25, 0.3) is 5.78 Å². The summed E-state index contributed by atoms with van der Waals surface area (Å²) in [4.78, 5) is 69.2. The second-order valence-corrected chi connectivity index (χ2v) is 9.67. The number of imide groups is 1. The summed E-state index contributed by atoms with van der Waals surface area (Å²) in [5.74, 6) is -3.57. The first-order valence-electron chi connectivity index (χ1n) is 12.6. The van der Waals surface area contributed by atoms with Crippen LogP contribution < -0.4 is 10.6 Å². The van der Waals surface area contributed by atoms with Crippen LogP contribution in [0.3, 0.4) is 0 Å². The van der Waals surface area contributed by atoms with Crippen LogP contribution in [0.25, 0.3) is 0 Å². The zero-order chi connectivity index (χ0) is 26.8. The number of pyridine rings is 1. The predicted molar refractivity (Wildman–Crippen MR) is 132 cm³/mol. The van der Waals surface area contributed by atoms with Crippen LogP contribution in [-0.2, 0) is 35.1 Å². The van der Waals surface area contributed by atoms with Crippen LogP contribution in [0.5, 0.6) is 0 Å². The maximum atomic E-state index is 13.1. The van der Waals surface area contributed by atoms with E-state index in [1.165, 1.54) is 0 Å². The van der Waals surface area contributed by atoms with E-state index in [9.17, 15) is 24.0 Å². The molecule has 198 valence electrons. The van der Waals surface area contributed by atoms with Crippen molar-refractivity contribution in [1.29, 1.82) is 0 Å². The highest BCUT2D eigenvalue weighted by molar-refractivity contribution is 6.35. The number of carbonyl (C=O) groups is 5. The number of hydrogen-bond donors (Lipinski definition) is 2. The van der Waals surface area contributed by atoms with Gasteiger partial charge in [-0.2, -0.15) is 0 Å². The van der Waals surface area contributed by atoms with E-state index in [-0.39, 0.29) is 30.8 Å². The van der Waals surface area contributed by atoms with Gasteiger partial charge < -0.3 is 10.1 Å². The number of aryl methyl sites for hydroxylation is 1. The molecule has 1 aromatic rings. The van der Waals surface area contributed by atoms with E-state index in [2.05, 4.69) is 15.6 Å². The minimum Gasteiger partial charge on any atom is -0.460 e. The lowest BCUT2D eigenvalue weighted by Crippen LogP contribution is -2.57. The lowest BCUT2D eigenvalue weighted by molar-refractivity contribution is -0.157. The average Bonchev–Trinajstić information content (AvgIpc) is 3.31. The fourth-order valence-corrected chi connectivity index (χ4v) is 4.43. The Kier molecular flexibility index (Phi) is 11.2. The van der Waals surface area contributed by atoms with Gasteiger partial charge in [0.15, 0.2) is 0 Å². The van der Waals surface area contributed by atoms with E-state index in [1.54, 1.807) is 58.0 Å². The maximum absolute atomic E-state index is 13.1. The Hall–Kier alpha value is -3.14. The second kappa shape index (κ2) is 13.8. The fraction of sp³-hybridized carbons (Fsp3) is 0.615. The maximum Gasteiger partial charge on any atom is 0.376 e. The number of nitrogens with zero attached hydrogens (tertiary/aromatic N) is 2. The summed E-state index contributed by atoms with van der Waals surface area (Å²) in [7, 11) is 0. The third kappa shape index (κ3) is 7.94. The van der Waals surface area contributed by atoms with E-state index < -0.39 is 41.7 Å². The summed E-state index contributed by atoms with van der Waals surface area (Å²) in [6.07, 6.45) is 5.09. The van der Waals surface area contributed by atoms with Gasteiger partial charge in [0.1, 0.15) is 6.04 Å². The molecular weight excluding hydrogens is 464 g/mol. The van der Waals surface area contributed by atoms with Crippen LogP contribution in [-0.4, -0.2) is 70.6 Å². The highest BCUT2D eigenvalue weighted by atomic mass is 16.5. The van der Waals surface area contributed by atoms with Crippen LogP contribution in [0.2, 0.25) is 0 Å². The number of carbonyl (C=O) groups excluding carboxylic acids is 5. The monoisotopic (exact) mass is 502 g/mol. The van der Waals surface area contributed by atoms with Crippen molar-refractivity contribution in [3.05, 3.63) is 30.1 Å². The van der Waals surface area contributed by atoms with Gasteiger partial charge in [0.05, 0.1) is 18.7 Å². The standard InChI is InChI=1S/C26H38N4O6/c1-6-36-26(35)23(32)22(17(4)5)30-14-8-10-19(30)24(33)29-25(34)21(16(2)3)28-20(31)12-11-18-9-7-13-27-15-18/h7,9,13,15-17,19,21-22H,6,8,10-12,14H2,1-5H3,(H,28,31)(H,29,33,34)/t19-,21-,22?/m0/s1. The van der Waals surface area contributed by atoms with Crippen molar-refractivity contribution in [3.63, 3.8) is 0 Å². The molecule has 2 heterocycles. The number of ketones is 1. The average molecular weight is 503 g/mol. The van der Waals surface area contributed by atoms with Crippen molar-refractivity contribution < 1.29 is 28.7 Å². The van der Waals surface area contributed by atoms with Crippen LogP contribution >= 0.6 is 0 Å². The topological polar surface area (TPSA) is 135 Å². The Labute approximate surface area is 212 Å². The molecule has 2 rings (SSSR count). The molecule has 2 N–H and O–H groups in total. The second-order valence-electron chi connectivity index (χ2n) is 9.67. The molecule has 10 heteroatoms. The van der Waals surface area contributed by atoms with Crippen LogP contribution in [0.15, 0.2) is 24.5 Å². The predicted octanol–water partition coefficient (Wildman–Crippen LogP) is 1.42. The summed E-state index contributed by atoms with van der Waals surface area (Å²) in [5, 5.41) is 5.16. The Morgan fingerprint density at radius 2 is 1.86 bits per heavy atom. The molecule has 0 saturated carbocycles. The molecule has 36 heavy (non-hydrogen) atoms. The molecule has 0 aliphatic carbocycles. The number of nitrogens with one attached hydrogen (secondary N) is 2. The third-order valence-corrected chi connectivity index (χ3v) is 6.21. The van der Waals surface area contributed by atoms with E-state index >= 15 is 0 Å². The van der Waals surface area contributed by atoms with Crippen molar-refractivity contribution in [2.45, 2.75) is 78.4 Å². The molecule has 0 spiro atoms. The summed E-state index contributed by atoms with van der Waals surface area (Å²) >= 11 is 0. The molecule has 0 radical (unpaired) electrons. The SMILES string of the molecule is CCOC(=O)C(=O)C(C(C)C)N1CCC[C@H]1C(=O)NC(=O)[C@@H](NC(=O)CCc1cccnc1)C(C)C. The van der Waals surface area contributed by atoms with Gasteiger partial charge in [-0.1, -0.05) is 33.8 Å². The first kappa shape index (κ1) is 29.1. The van der Waals surface area contributed by atoms with Gasteiger partial charge in [-0.15, -0.1) is 0 Å². The first-order valence-corrected chi connectivity index (χ1v) is 12.6. The zero-order valence-corrected chi connectivity index (χ0v) is 21.8. The molecule has 3 amide bonds. The van der Waals surface area contributed by atoms with Crippen molar-refractivity contribution in [2.24, 2.45) is 11.8 Å². The van der Waals surface area contributed by atoms with Crippen LogP contribution in [0.1, 0.15) is 59.4 Å². The Balaban J connectivity index is 2.04. The number of aromatic nitrogens is 1. The number of esters is 1. The van der Waals surface area contributed by atoms with Gasteiger partial charge in [0.2, 0.25) is 17.7 Å². The van der Waals surface area contributed by atoms with Crippen molar-refractivity contribution in [2.75, 3.05) is 13.2 Å². The van der Waals surface area contributed by atoms with Gasteiger partial charge >= 0.3 is 5.97 Å². The molecule has 1 fully saturated rings. The number of amides is 3. The lowest BCUT2D eigenvalue weighted by Gasteiger charge is -2.33. The molecule has 1 unspecified atom stereocenters. The Morgan fingerprint density at radius 3 is 2.44 bits per heavy atom. The number of ether oxygens (including phenoxy) is 1. The quantitative estimate of drug-likeness (QED) is 0.324. The molecule has 0 aromatic carbocycles. The summed E-state index contributed by atoms with van der Waals surface area (Å²) in [5.41, 5.74) is 0.909. The van der Waals surface area contributed by atoms with Crippen molar-refractivity contribution >= 4 is 29.5 Å². The molecular formula is C26H38N4O6. The smallest absolute Gasteiger partial charge is 0.376 e. The van der Waals surface area contributed by atoms with Crippen LogP contribution in [0.4, 0.5) is 0 Å². The minimum absolute atomic E-state index is 0.0817. The Bertz CT molecular complexity index is 934. The molecule has 10 nitrogen and oxygen atoms in total. The van der Waals surface area contributed by atoms with Crippen LogP contribution in [0, 0.1) is 11.8 Å². The van der Waals surface area contributed by atoms with Gasteiger partial charge in [-0.05, 0) is 56.2 Å². The largest absolute Gasteiger partial charge is 0.460 e. The zero-order valence-electron chi connectivity index (χ0n) is 21.8. The van der Waals surface area contributed by atoms with E-state index in [4.69, 9.17) is 4.74 Å². The van der Waals surface area contributed by atoms with Gasteiger partial charge in [0, 0.05) is 18.8 Å². The molecule has 1 aromatic heterocycles. The lowest BCUT2D eigenvalue weighted by atomic mass is 9.96. The minimum atomic E-state index is -0.924. The molecule has 1 aliphatic heterocycles. The summed E-state index contributed by atoms with van der Waals surface area (Å²) in [6.45, 7) is 9.31. The molecule has 3 atom stereocenters. The molecule has 0 bridgehead atoms. The number of hydrogen-bond acceptors (Lipinski definition) is 8. The van der Waals surface area contributed by atoms with Crippen molar-refractivity contribution in [3.8, 4) is 0 Å². The van der Waals surface area contributed by atoms with Gasteiger partial charge in [-0.3, -0.25) is 34.4 Å². The van der Waals surface area contributed by atoms with E-state index in [1.807, 2.05) is 6.07 Å². The van der Waals surface area contributed by atoms with Crippen molar-refractivity contribution in [1.82, 2.24) is 20.5 Å². The van der Waals surface area contributed by atoms with E-state index in [0.29, 0.717) is 25.8 Å². The third-order valence-electron chi connectivity index (χ3n) is 6.21. The fourth-order valence-electron chi connectivity index (χ4n) is 4.43. The molecule has 1 aliphatic rings. The number of likely N-dealkylation sites (tertiary alicyclic amines) is 1. The van der Waals surface area contributed by atoms with E-state index in [0.717, 1.165) is 5.56 Å². The highest BCUT2D eigenvalue weighted by Gasteiger charge is 2.43. The number of Topliss-reactive ketones (excluding diaryl/α,β-unsaturated/α-hetero) is 1. The normalized spacial score (nSPS) is 17.5. The van der Waals surface area contributed by atoms with Gasteiger partial charge in [-0.25, -0.2) is 4.79 Å². The summed E-state index contributed by atoms with van der Waals surface area (Å²) in [6, 6.07) is 1.20. The highest BCUT2D eigenvalue weighted by Crippen LogP contribution is 2.25. The number of rotatable bonds is 12. The first-order chi connectivity index (χ1) is 17.1.